The second-order valence-corrected chi connectivity index (χ2v) is 4.13. The summed E-state index contributed by atoms with van der Waals surface area (Å²) in [6.07, 6.45) is 3.90. The Labute approximate surface area is 99.0 Å². The molecule has 0 radical (unpaired) electrons. The fourth-order valence-electron chi connectivity index (χ4n) is 1.66. The van der Waals surface area contributed by atoms with Crippen LogP contribution in [0.15, 0.2) is 23.8 Å². The van der Waals surface area contributed by atoms with Crippen LogP contribution in [0.3, 0.4) is 0 Å². The minimum atomic E-state index is -1.07. The predicted molar refractivity (Wildman–Crippen MR) is 58.1 cm³/mol. The van der Waals surface area contributed by atoms with Gasteiger partial charge in [-0.05, 0) is 32.1 Å². The highest BCUT2D eigenvalue weighted by atomic mass is 16.7. The summed E-state index contributed by atoms with van der Waals surface area (Å²) in [6, 6.07) is 0. The Bertz CT molecular complexity index is 399. The van der Waals surface area contributed by atoms with Crippen molar-refractivity contribution in [3.8, 4) is 0 Å². The van der Waals surface area contributed by atoms with E-state index >= 15 is 0 Å². The van der Waals surface area contributed by atoms with Crippen LogP contribution in [0.1, 0.15) is 13.8 Å². The maximum atomic E-state index is 11.7. The first kappa shape index (κ1) is 12.0. The van der Waals surface area contributed by atoms with E-state index in [1.54, 1.807) is 13.8 Å². The van der Waals surface area contributed by atoms with Crippen LogP contribution in [0.25, 0.3) is 0 Å². The molecular weight excluding hydrogens is 224 g/mol. The van der Waals surface area contributed by atoms with E-state index in [0.717, 1.165) is 0 Å². The summed E-state index contributed by atoms with van der Waals surface area (Å²) in [7, 11) is 0. The van der Waals surface area contributed by atoms with Crippen LogP contribution in [-0.2, 0) is 23.8 Å². The molecule has 0 saturated carbocycles. The maximum absolute atomic E-state index is 11.7. The lowest BCUT2D eigenvalue weighted by atomic mass is 10.0. The number of allylic oxidation sites excluding steroid dienone is 1. The van der Waals surface area contributed by atoms with Gasteiger partial charge in [-0.25, -0.2) is 4.79 Å². The summed E-state index contributed by atoms with van der Waals surface area (Å²) < 4.78 is 15.7. The van der Waals surface area contributed by atoms with Gasteiger partial charge in [0, 0.05) is 0 Å². The van der Waals surface area contributed by atoms with E-state index in [9.17, 15) is 9.59 Å². The summed E-state index contributed by atoms with van der Waals surface area (Å²) in [5.74, 6) is -2.10. The molecule has 0 unspecified atom stereocenters. The van der Waals surface area contributed by atoms with Crippen molar-refractivity contribution in [3.05, 3.63) is 23.8 Å². The highest BCUT2D eigenvalue weighted by molar-refractivity contribution is 6.22. The van der Waals surface area contributed by atoms with Crippen LogP contribution in [0.4, 0.5) is 0 Å². The first-order chi connectivity index (χ1) is 8.02. The van der Waals surface area contributed by atoms with E-state index in [1.807, 2.05) is 0 Å². The quantitative estimate of drug-likeness (QED) is 0.524. The van der Waals surface area contributed by atoms with Gasteiger partial charge in [-0.1, -0.05) is 0 Å². The third-order valence-corrected chi connectivity index (χ3v) is 2.38. The monoisotopic (exact) mass is 238 g/mol. The van der Waals surface area contributed by atoms with E-state index in [0.29, 0.717) is 13.2 Å². The molecule has 1 fully saturated rings. The molecule has 92 valence electrons. The molecule has 2 aliphatic rings. The van der Waals surface area contributed by atoms with E-state index < -0.39 is 11.8 Å². The largest absolute Gasteiger partial charge is 0.459 e. The lowest BCUT2D eigenvalue weighted by Gasteiger charge is -2.23. The van der Waals surface area contributed by atoms with Gasteiger partial charge in [0.05, 0.1) is 19.3 Å². The van der Waals surface area contributed by atoms with Gasteiger partial charge in [-0.3, -0.25) is 4.79 Å². The molecule has 0 aromatic rings. The zero-order valence-electron chi connectivity index (χ0n) is 9.76. The van der Waals surface area contributed by atoms with E-state index in [2.05, 4.69) is 0 Å². The minimum Gasteiger partial charge on any atom is -0.459 e. The van der Waals surface area contributed by atoms with Crippen LogP contribution in [0.5, 0.6) is 0 Å². The average Bonchev–Trinajstić information content (AvgIpc) is 2.70. The lowest BCUT2D eigenvalue weighted by molar-refractivity contribution is -0.144. The minimum absolute atomic E-state index is 0.0388. The van der Waals surface area contributed by atoms with Gasteiger partial charge < -0.3 is 14.2 Å². The number of ether oxygens (including phenoxy) is 3. The highest BCUT2D eigenvalue weighted by Crippen LogP contribution is 2.28. The van der Waals surface area contributed by atoms with Crippen molar-refractivity contribution in [1.29, 1.82) is 0 Å². The topological polar surface area (TPSA) is 61.8 Å². The summed E-state index contributed by atoms with van der Waals surface area (Å²) in [4.78, 5) is 23.3. The van der Waals surface area contributed by atoms with Gasteiger partial charge >= 0.3 is 5.97 Å². The molecule has 5 nitrogen and oxygen atoms in total. The molecule has 1 aliphatic carbocycles. The molecule has 0 aromatic carbocycles. The van der Waals surface area contributed by atoms with Crippen molar-refractivity contribution in [3.63, 3.8) is 0 Å². The zero-order chi connectivity index (χ0) is 12.5. The summed E-state index contributed by atoms with van der Waals surface area (Å²) in [5.41, 5.74) is -0.0388. The van der Waals surface area contributed by atoms with Gasteiger partial charge in [0.1, 0.15) is 5.57 Å². The van der Waals surface area contributed by atoms with Crippen LogP contribution in [-0.4, -0.2) is 36.9 Å². The van der Waals surface area contributed by atoms with Gasteiger partial charge in [-0.2, -0.15) is 0 Å². The number of carbonyl (C=O) groups is 2. The molecule has 0 bridgehead atoms. The molecule has 0 atom stereocenters. The number of hydrogen-bond donors (Lipinski definition) is 0. The van der Waals surface area contributed by atoms with Crippen molar-refractivity contribution in [1.82, 2.24) is 0 Å². The maximum Gasteiger partial charge on any atom is 0.342 e. The number of carbonyl (C=O) groups excluding carboxylic acids is 2. The molecule has 2 rings (SSSR count). The number of hydrogen-bond acceptors (Lipinski definition) is 5. The van der Waals surface area contributed by atoms with Crippen molar-refractivity contribution in [2.24, 2.45) is 0 Å². The van der Waals surface area contributed by atoms with Gasteiger partial charge in [0.25, 0.3) is 0 Å². The summed E-state index contributed by atoms with van der Waals surface area (Å²) in [6.45, 7) is 4.31. The normalized spacial score (nSPS) is 22.1. The zero-order valence-corrected chi connectivity index (χ0v) is 9.76. The first-order valence-corrected chi connectivity index (χ1v) is 5.48. The number of esters is 1. The van der Waals surface area contributed by atoms with Crippen LogP contribution >= 0.6 is 0 Å². The Balaban J connectivity index is 2.22. The first-order valence-electron chi connectivity index (χ1n) is 5.48. The summed E-state index contributed by atoms with van der Waals surface area (Å²) >= 11 is 0. The number of ketones is 1. The Morgan fingerprint density at radius 2 is 2.06 bits per heavy atom. The molecule has 0 N–H and O–H groups in total. The van der Waals surface area contributed by atoms with E-state index in [-0.39, 0.29) is 17.5 Å². The van der Waals surface area contributed by atoms with Gasteiger partial charge in [0.15, 0.2) is 5.78 Å². The molecular formula is C12H14O5. The second-order valence-electron chi connectivity index (χ2n) is 4.13. The molecule has 5 heteroatoms. The van der Waals surface area contributed by atoms with Gasteiger partial charge in [0.2, 0.25) is 5.79 Å². The standard InChI is InChI=1S/C12H14O5/c1-8(2)17-11(14)9-7-12(4-3-10(9)13)15-5-6-16-12/h3-4,7-8H,5-6H2,1-2H3. The fraction of sp³-hybridized carbons (Fsp3) is 0.500. The number of rotatable bonds is 2. The summed E-state index contributed by atoms with van der Waals surface area (Å²) in [5, 5.41) is 0. The molecule has 1 saturated heterocycles. The fourth-order valence-corrected chi connectivity index (χ4v) is 1.66. The van der Waals surface area contributed by atoms with Gasteiger partial charge in [-0.15, -0.1) is 0 Å². The Morgan fingerprint density at radius 1 is 1.41 bits per heavy atom. The molecule has 1 spiro atoms. The average molecular weight is 238 g/mol. The van der Waals surface area contributed by atoms with Crippen molar-refractivity contribution in [2.75, 3.05) is 13.2 Å². The van der Waals surface area contributed by atoms with Crippen molar-refractivity contribution in [2.45, 2.75) is 25.7 Å². The second kappa shape index (κ2) is 4.43. The van der Waals surface area contributed by atoms with Crippen LogP contribution < -0.4 is 0 Å². The van der Waals surface area contributed by atoms with Crippen LogP contribution in [0, 0.1) is 0 Å². The molecule has 1 heterocycles. The van der Waals surface area contributed by atoms with Crippen LogP contribution in [0.2, 0.25) is 0 Å². The third-order valence-electron chi connectivity index (χ3n) is 2.38. The predicted octanol–water partition coefficient (Wildman–Crippen LogP) is 0.746. The molecule has 1 aliphatic heterocycles. The Morgan fingerprint density at radius 3 is 2.65 bits per heavy atom. The Kier molecular flexibility index (Phi) is 3.13. The third kappa shape index (κ3) is 2.45. The SMILES string of the molecule is CC(C)OC(=O)C1=CC2(C=CC1=O)OCCO2. The smallest absolute Gasteiger partial charge is 0.342 e. The van der Waals surface area contributed by atoms with E-state index in [4.69, 9.17) is 14.2 Å². The lowest BCUT2D eigenvalue weighted by Crippen LogP contribution is -2.32. The Hall–Kier alpha value is -1.46. The van der Waals surface area contributed by atoms with Crippen molar-refractivity contribution >= 4 is 11.8 Å². The highest BCUT2D eigenvalue weighted by Gasteiger charge is 2.38. The van der Waals surface area contributed by atoms with E-state index in [1.165, 1.54) is 18.2 Å². The molecule has 0 aromatic heterocycles. The molecule has 0 amide bonds. The molecule has 17 heavy (non-hydrogen) atoms. The van der Waals surface area contributed by atoms with Crippen molar-refractivity contribution < 1.29 is 23.8 Å².